The maximum Gasteiger partial charge on any atom is 0.0939 e. The summed E-state index contributed by atoms with van der Waals surface area (Å²) in [5.41, 5.74) is 0. The molecule has 3 atom stereocenters. The fraction of sp³-hybridized carbons (Fsp3) is 1.00. The van der Waals surface area contributed by atoms with E-state index in [2.05, 4.69) is 7.05 Å². The van der Waals surface area contributed by atoms with Crippen molar-refractivity contribution in [3.63, 3.8) is 0 Å². The number of ether oxygens (including phenoxy) is 1. The molecule has 2 heterocycles. The van der Waals surface area contributed by atoms with E-state index in [1.807, 2.05) is 0 Å². The van der Waals surface area contributed by atoms with Crippen LogP contribution in [0.4, 0.5) is 0 Å². The number of rotatable bonds is 3. The van der Waals surface area contributed by atoms with Gasteiger partial charge in [-0.3, -0.25) is 0 Å². The summed E-state index contributed by atoms with van der Waals surface area (Å²) < 4.78 is 7.67. The summed E-state index contributed by atoms with van der Waals surface area (Å²) in [6.07, 6.45) is 14.7. The van der Waals surface area contributed by atoms with Gasteiger partial charge in [0, 0.05) is 12.3 Å². The van der Waals surface area contributed by atoms with Gasteiger partial charge < -0.3 is 33.2 Å². The number of piperidine rings is 2. The van der Waals surface area contributed by atoms with Crippen molar-refractivity contribution in [2.45, 2.75) is 76.4 Å². The highest BCUT2D eigenvalue weighted by molar-refractivity contribution is 4.79. The summed E-state index contributed by atoms with van der Waals surface area (Å²) in [5.74, 6) is 0.848. The van der Waals surface area contributed by atoms with E-state index in [1.165, 1.54) is 81.8 Å². The van der Waals surface area contributed by atoms with Gasteiger partial charge in [0.05, 0.1) is 38.9 Å². The van der Waals surface area contributed by atoms with E-state index in [1.54, 1.807) is 0 Å². The van der Waals surface area contributed by atoms with E-state index in [4.69, 9.17) is 4.74 Å². The summed E-state index contributed by atoms with van der Waals surface area (Å²) >= 11 is 0. The van der Waals surface area contributed by atoms with Crippen molar-refractivity contribution in [2.75, 3.05) is 26.7 Å². The third-order valence-electron chi connectivity index (χ3n) is 6.11. The maximum atomic E-state index is 6.31. The Labute approximate surface area is 142 Å². The molecule has 20 heavy (non-hydrogen) atoms. The summed E-state index contributed by atoms with van der Waals surface area (Å²) in [6, 6.07) is 0.908. The minimum atomic E-state index is 0. The third kappa shape index (κ3) is 3.89. The van der Waals surface area contributed by atoms with Gasteiger partial charge in [-0.1, -0.05) is 19.3 Å². The Morgan fingerprint density at radius 3 is 2.35 bits per heavy atom. The summed E-state index contributed by atoms with van der Waals surface area (Å²) in [7, 11) is 2.51. The molecule has 0 radical (unpaired) electrons. The highest BCUT2D eigenvalue weighted by atomic mass is 127. The zero-order valence-electron chi connectivity index (χ0n) is 13.2. The van der Waals surface area contributed by atoms with Gasteiger partial charge in [-0.05, 0) is 38.5 Å². The van der Waals surface area contributed by atoms with Gasteiger partial charge in [0.2, 0.25) is 0 Å². The van der Waals surface area contributed by atoms with Crippen molar-refractivity contribution in [1.82, 2.24) is 0 Å². The average molecular weight is 393 g/mol. The number of hydrogen-bond donors (Lipinski definition) is 0. The van der Waals surface area contributed by atoms with Crippen LogP contribution >= 0.6 is 0 Å². The normalized spacial score (nSPS) is 38.9. The maximum absolute atomic E-state index is 6.31. The second kappa shape index (κ2) is 7.77. The zero-order valence-corrected chi connectivity index (χ0v) is 15.3. The van der Waals surface area contributed by atoms with Crippen molar-refractivity contribution in [2.24, 2.45) is 5.92 Å². The minimum absolute atomic E-state index is 0. The number of fused-ring (bicyclic) bond motifs is 1. The molecule has 2 aliphatic heterocycles. The number of hydrogen-bond acceptors (Lipinski definition) is 1. The largest absolute Gasteiger partial charge is 1.00 e. The number of halogens is 1. The molecule has 2 nitrogen and oxygen atoms in total. The molecule has 3 unspecified atom stereocenters. The fourth-order valence-corrected chi connectivity index (χ4v) is 4.92. The van der Waals surface area contributed by atoms with Crippen molar-refractivity contribution in [1.29, 1.82) is 0 Å². The minimum Gasteiger partial charge on any atom is -1.00 e. The molecule has 3 rings (SSSR count). The molecule has 0 spiro atoms. The Kier molecular flexibility index (Phi) is 6.61. The molecule has 0 aromatic rings. The van der Waals surface area contributed by atoms with Gasteiger partial charge in [-0.2, -0.15) is 0 Å². The van der Waals surface area contributed by atoms with Crippen molar-refractivity contribution >= 4 is 0 Å². The van der Waals surface area contributed by atoms with E-state index in [9.17, 15) is 0 Å². The Morgan fingerprint density at radius 2 is 1.55 bits per heavy atom. The van der Waals surface area contributed by atoms with E-state index in [0.717, 1.165) is 18.6 Å². The molecule has 1 saturated carbocycles. The molecule has 3 aliphatic rings. The number of nitrogens with zero attached hydrogens (tertiary/aromatic N) is 1. The van der Waals surface area contributed by atoms with Crippen LogP contribution in [0.25, 0.3) is 0 Å². The van der Waals surface area contributed by atoms with Crippen molar-refractivity contribution in [3.05, 3.63) is 0 Å². The predicted octanol–water partition coefficient (Wildman–Crippen LogP) is 0.749. The van der Waals surface area contributed by atoms with E-state index in [-0.39, 0.29) is 24.0 Å². The van der Waals surface area contributed by atoms with Crippen LogP contribution in [0.5, 0.6) is 0 Å². The van der Waals surface area contributed by atoms with Gasteiger partial charge in [-0.25, -0.2) is 0 Å². The molecule has 0 bridgehead atoms. The number of quaternary nitrogens is 1. The Morgan fingerprint density at radius 1 is 0.850 bits per heavy atom. The van der Waals surface area contributed by atoms with Crippen molar-refractivity contribution < 1.29 is 33.2 Å². The Balaban J connectivity index is 0.00000147. The lowest BCUT2D eigenvalue weighted by Crippen LogP contribution is -3.00. The standard InChI is InChI=1S/C17H32NO.HI/c1-18-12-6-5-11-17(18)15(8-7-13-18)14-19-16-9-3-2-4-10-16;/h15-17H,2-14H2,1H3;1H/q+1;/p-1. The highest BCUT2D eigenvalue weighted by Gasteiger charge is 2.43. The first-order chi connectivity index (χ1) is 9.28. The molecular weight excluding hydrogens is 361 g/mol. The summed E-state index contributed by atoms with van der Waals surface area (Å²) in [4.78, 5) is 0. The lowest BCUT2D eigenvalue weighted by Gasteiger charge is -2.51. The molecule has 1 aliphatic carbocycles. The van der Waals surface area contributed by atoms with Gasteiger partial charge in [-0.15, -0.1) is 0 Å². The van der Waals surface area contributed by atoms with Crippen LogP contribution in [0.2, 0.25) is 0 Å². The van der Waals surface area contributed by atoms with E-state index >= 15 is 0 Å². The molecule has 0 aromatic carbocycles. The highest BCUT2D eigenvalue weighted by Crippen LogP contribution is 2.36. The second-order valence-electron chi connectivity index (χ2n) is 7.49. The summed E-state index contributed by atoms with van der Waals surface area (Å²) in [6.45, 7) is 3.90. The van der Waals surface area contributed by atoms with Crippen LogP contribution in [0.3, 0.4) is 0 Å². The molecule has 2 saturated heterocycles. The topological polar surface area (TPSA) is 9.23 Å². The lowest BCUT2D eigenvalue weighted by molar-refractivity contribution is -0.947. The van der Waals surface area contributed by atoms with Gasteiger partial charge in [0.1, 0.15) is 0 Å². The monoisotopic (exact) mass is 393 g/mol. The Bertz CT molecular complexity index is 289. The van der Waals surface area contributed by atoms with Crippen LogP contribution in [0, 0.1) is 5.92 Å². The predicted molar refractivity (Wildman–Crippen MR) is 79.1 cm³/mol. The van der Waals surface area contributed by atoms with Gasteiger partial charge in [0.25, 0.3) is 0 Å². The van der Waals surface area contributed by atoms with E-state index in [0.29, 0.717) is 6.10 Å². The molecule has 3 fully saturated rings. The molecule has 0 amide bonds. The third-order valence-corrected chi connectivity index (χ3v) is 6.11. The zero-order chi connectivity index (χ0) is 13.1. The Hall–Kier alpha value is 0.650. The first-order valence-electron chi connectivity index (χ1n) is 8.74. The van der Waals surface area contributed by atoms with Gasteiger partial charge in [0.15, 0.2) is 0 Å². The second-order valence-corrected chi connectivity index (χ2v) is 7.49. The fourth-order valence-electron chi connectivity index (χ4n) is 4.92. The molecular formula is C17H32INO. The average Bonchev–Trinajstić information content (AvgIpc) is 2.45. The summed E-state index contributed by atoms with van der Waals surface area (Å²) in [5, 5.41) is 0. The lowest BCUT2D eigenvalue weighted by atomic mass is 9.82. The first kappa shape index (κ1) is 17.0. The van der Waals surface area contributed by atoms with Crippen LogP contribution in [0.15, 0.2) is 0 Å². The quantitative estimate of drug-likeness (QED) is 0.508. The molecule has 0 N–H and O–H groups in total. The first-order valence-corrected chi connectivity index (χ1v) is 8.74. The van der Waals surface area contributed by atoms with Gasteiger partial charge >= 0.3 is 0 Å². The molecule has 0 aromatic heterocycles. The molecule has 118 valence electrons. The van der Waals surface area contributed by atoms with Crippen LogP contribution < -0.4 is 24.0 Å². The van der Waals surface area contributed by atoms with E-state index < -0.39 is 0 Å². The smallest absolute Gasteiger partial charge is 0.0939 e. The van der Waals surface area contributed by atoms with Crippen LogP contribution in [-0.2, 0) is 4.74 Å². The van der Waals surface area contributed by atoms with Crippen molar-refractivity contribution in [3.8, 4) is 0 Å². The SMILES string of the molecule is C[N+]12CCCCC1C(COC1CCCCC1)CCC2.[I-]. The van der Waals surface area contributed by atoms with Crippen LogP contribution in [-0.4, -0.2) is 43.4 Å². The molecule has 3 heteroatoms. The van der Waals surface area contributed by atoms with Crippen LogP contribution in [0.1, 0.15) is 64.2 Å².